The van der Waals surface area contributed by atoms with Crippen LogP contribution in [-0.4, -0.2) is 11.7 Å². The summed E-state index contributed by atoms with van der Waals surface area (Å²) in [6, 6.07) is 4.06. The van der Waals surface area contributed by atoms with Crippen molar-refractivity contribution < 1.29 is 4.74 Å². The van der Waals surface area contributed by atoms with Gasteiger partial charge in [-0.05, 0) is 12.1 Å². The average Bonchev–Trinajstić information content (AvgIpc) is 2.34. The molecule has 0 saturated heterocycles. The fraction of sp³-hybridized carbons (Fsp3) is 0.500. The van der Waals surface area contributed by atoms with Gasteiger partial charge in [0.25, 0.3) is 0 Å². The predicted octanol–water partition coefficient (Wildman–Crippen LogP) is 0.630. The molecule has 62 valence electrons. The van der Waals surface area contributed by atoms with Crippen LogP contribution in [0.5, 0.6) is 0 Å². The molecule has 0 aromatic carbocycles. The molecule has 0 fully saturated rings. The van der Waals surface area contributed by atoms with Crippen LogP contribution in [0.2, 0.25) is 0 Å². The largest absolute Gasteiger partial charge is 0.378 e. The quantitative estimate of drug-likeness (QED) is 0.693. The SMILES string of the molecule is COCc1ccc(CN)n1C. The number of nitrogens with zero attached hydrogens (tertiary/aromatic N) is 1. The summed E-state index contributed by atoms with van der Waals surface area (Å²) in [5.74, 6) is 0. The van der Waals surface area contributed by atoms with Crippen molar-refractivity contribution in [3.05, 3.63) is 23.5 Å². The molecule has 0 amide bonds. The van der Waals surface area contributed by atoms with Gasteiger partial charge in [-0.15, -0.1) is 0 Å². The van der Waals surface area contributed by atoms with Crippen molar-refractivity contribution in [2.75, 3.05) is 7.11 Å². The average molecular weight is 154 g/mol. The number of hydrogen-bond donors (Lipinski definition) is 1. The van der Waals surface area contributed by atoms with Gasteiger partial charge in [0.1, 0.15) is 0 Å². The smallest absolute Gasteiger partial charge is 0.0863 e. The van der Waals surface area contributed by atoms with E-state index in [-0.39, 0.29) is 0 Å². The predicted molar refractivity (Wildman–Crippen MR) is 44.0 cm³/mol. The Morgan fingerprint density at radius 1 is 1.45 bits per heavy atom. The Labute approximate surface area is 66.8 Å². The normalized spacial score (nSPS) is 10.5. The Bertz CT molecular complexity index is 230. The first-order valence-corrected chi connectivity index (χ1v) is 3.62. The van der Waals surface area contributed by atoms with Gasteiger partial charge in [0.2, 0.25) is 0 Å². The van der Waals surface area contributed by atoms with Crippen LogP contribution in [0.25, 0.3) is 0 Å². The van der Waals surface area contributed by atoms with Gasteiger partial charge < -0.3 is 15.0 Å². The summed E-state index contributed by atoms with van der Waals surface area (Å²) >= 11 is 0. The molecule has 0 aliphatic rings. The monoisotopic (exact) mass is 154 g/mol. The van der Waals surface area contributed by atoms with Crippen molar-refractivity contribution >= 4 is 0 Å². The Hall–Kier alpha value is -0.800. The number of rotatable bonds is 3. The summed E-state index contributed by atoms with van der Waals surface area (Å²) in [5, 5.41) is 0. The van der Waals surface area contributed by atoms with Gasteiger partial charge in [0.05, 0.1) is 6.61 Å². The summed E-state index contributed by atoms with van der Waals surface area (Å²) in [5.41, 5.74) is 7.79. The van der Waals surface area contributed by atoms with Gasteiger partial charge in [-0.25, -0.2) is 0 Å². The third kappa shape index (κ3) is 1.61. The Balaban J connectivity index is 2.82. The second kappa shape index (κ2) is 3.55. The molecule has 3 nitrogen and oxygen atoms in total. The maximum Gasteiger partial charge on any atom is 0.0863 e. The molecule has 0 unspecified atom stereocenters. The van der Waals surface area contributed by atoms with Gasteiger partial charge in [0, 0.05) is 32.1 Å². The highest BCUT2D eigenvalue weighted by atomic mass is 16.5. The zero-order chi connectivity index (χ0) is 8.27. The van der Waals surface area contributed by atoms with E-state index >= 15 is 0 Å². The molecule has 11 heavy (non-hydrogen) atoms. The highest BCUT2D eigenvalue weighted by molar-refractivity contribution is 5.14. The lowest BCUT2D eigenvalue weighted by Crippen LogP contribution is -2.06. The van der Waals surface area contributed by atoms with Crippen LogP contribution in [0, 0.1) is 0 Å². The molecule has 1 rings (SSSR count). The third-order valence-corrected chi connectivity index (χ3v) is 1.83. The molecular formula is C8H14N2O. The number of methoxy groups -OCH3 is 1. The summed E-state index contributed by atoms with van der Waals surface area (Å²) in [4.78, 5) is 0. The second-order valence-electron chi connectivity index (χ2n) is 2.51. The van der Waals surface area contributed by atoms with Crippen LogP contribution >= 0.6 is 0 Å². The maximum absolute atomic E-state index is 5.50. The second-order valence-corrected chi connectivity index (χ2v) is 2.51. The van der Waals surface area contributed by atoms with Gasteiger partial charge in [-0.3, -0.25) is 0 Å². The lowest BCUT2D eigenvalue weighted by atomic mass is 10.4. The Kier molecular flexibility index (Phi) is 2.68. The Morgan fingerprint density at radius 3 is 2.55 bits per heavy atom. The van der Waals surface area contributed by atoms with Gasteiger partial charge >= 0.3 is 0 Å². The molecule has 0 aliphatic carbocycles. The fourth-order valence-electron chi connectivity index (χ4n) is 1.10. The van der Waals surface area contributed by atoms with Crippen LogP contribution in [0.4, 0.5) is 0 Å². The number of aromatic nitrogens is 1. The lowest BCUT2D eigenvalue weighted by molar-refractivity contribution is 0.179. The molecule has 0 spiro atoms. The lowest BCUT2D eigenvalue weighted by Gasteiger charge is -2.04. The highest BCUT2D eigenvalue weighted by Gasteiger charge is 2.00. The molecule has 1 heterocycles. The summed E-state index contributed by atoms with van der Waals surface area (Å²) in [6.45, 7) is 1.23. The van der Waals surface area contributed by atoms with E-state index in [4.69, 9.17) is 10.5 Å². The minimum absolute atomic E-state index is 0.584. The van der Waals surface area contributed by atoms with Crippen molar-refractivity contribution in [2.24, 2.45) is 12.8 Å². The molecule has 0 saturated carbocycles. The van der Waals surface area contributed by atoms with E-state index in [1.165, 1.54) is 0 Å². The zero-order valence-corrected chi connectivity index (χ0v) is 7.00. The molecular weight excluding hydrogens is 140 g/mol. The molecule has 0 atom stereocenters. The van der Waals surface area contributed by atoms with Crippen molar-refractivity contribution in [3.63, 3.8) is 0 Å². The van der Waals surface area contributed by atoms with E-state index in [1.54, 1.807) is 7.11 Å². The van der Waals surface area contributed by atoms with E-state index in [2.05, 4.69) is 4.57 Å². The maximum atomic E-state index is 5.50. The van der Waals surface area contributed by atoms with E-state index in [1.807, 2.05) is 19.2 Å². The van der Waals surface area contributed by atoms with E-state index in [0.29, 0.717) is 13.2 Å². The molecule has 2 N–H and O–H groups in total. The topological polar surface area (TPSA) is 40.2 Å². The molecule has 0 radical (unpaired) electrons. The number of ether oxygens (including phenoxy) is 1. The van der Waals surface area contributed by atoms with Crippen LogP contribution < -0.4 is 5.73 Å². The minimum atomic E-state index is 0.584. The fourth-order valence-corrected chi connectivity index (χ4v) is 1.10. The van der Waals surface area contributed by atoms with Gasteiger partial charge in [-0.2, -0.15) is 0 Å². The van der Waals surface area contributed by atoms with Crippen LogP contribution in [0.15, 0.2) is 12.1 Å². The standard InChI is InChI=1S/C8H14N2O/c1-10-7(5-9)3-4-8(10)6-11-2/h3-4H,5-6,9H2,1-2H3. The molecule has 3 heteroatoms. The van der Waals surface area contributed by atoms with Crippen LogP contribution in [-0.2, 0) is 24.9 Å². The summed E-state index contributed by atoms with van der Waals surface area (Å²) in [6.07, 6.45) is 0. The van der Waals surface area contributed by atoms with Crippen LogP contribution in [0.3, 0.4) is 0 Å². The van der Waals surface area contributed by atoms with Crippen LogP contribution in [0.1, 0.15) is 11.4 Å². The van der Waals surface area contributed by atoms with Crippen molar-refractivity contribution in [2.45, 2.75) is 13.2 Å². The van der Waals surface area contributed by atoms with Gasteiger partial charge in [0.15, 0.2) is 0 Å². The number of nitrogens with two attached hydrogens (primary N) is 1. The molecule has 1 aromatic rings. The summed E-state index contributed by atoms with van der Waals surface area (Å²) < 4.78 is 7.06. The minimum Gasteiger partial charge on any atom is -0.378 e. The van der Waals surface area contributed by atoms with Crippen molar-refractivity contribution in [1.82, 2.24) is 4.57 Å². The van der Waals surface area contributed by atoms with Gasteiger partial charge in [-0.1, -0.05) is 0 Å². The first-order valence-electron chi connectivity index (χ1n) is 3.62. The first kappa shape index (κ1) is 8.30. The first-order chi connectivity index (χ1) is 5.29. The van der Waals surface area contributed by atoms with Crippen molar-refractivity contribution in [3.8, 4) is 0 Å². The van der Waals surface area contributed by atoms with E-state index < -0.39 is 0 Å². The molecule has 0 bridgehead atoms. The molecule has 1 aromatic heterocycles. The third-order valence-electron chi connectivity index (χ3n) is 1.83. The zero-order valence-electron chi connectivity index (χ0n) is 7.00. The Morgan fingerprint density at radius 2 is 2.09 bits per heavy atom. The molecule has 0 aliphatic heterocycles. The number of hydrogen-bond acceptors (Lipinski definition) is 2. The van der Waals surface area contributed by atoms with E-state index in [9.17, 15) is 0 Å². The van der Waals surface area contributed by atoms with E-state index in [0.717, 1.165) is 11.4 Å². The summed E-state index contributed by atoms with van der Waals surface area (Å²) in [7, 11) is 3.69. The van der Waals surface area contributed by atoms with Crippen molar-refractivity contribution in [1.29, 1.82) is 0 Å². The highest BCUT2D eigenvalue weighted by Crippen LogP contribution is 2.06.